The van der Waals surface area contributed by atoms with Gasteiger partial charge in [0.2, 0.25) is 0 Å². The SMILES string of the molecule is CC1(C)C2CCC1c1c(-c3nccc4ccccc34)n[nH]c12. The monoisotopic (exact) mass is 289 g/mol. The summed E-state index contributed by atoms with van der Waals surface area (Å²) in [6.45, 7) is 4.81. The first kappa shape index (κ1) is 12.4. The van der Waals surface area contributed by atoms with Crippen molar-refractivity contribution in [2.45, 2.75) is 38.5 Å². The molecule has 2 atom stereocenters. The minimum absolute atomic E-state index is 0.351. The standard InChI is InChI=1S/C19H19N3/c1-19(2)13-7-8-14(19)17-15(13)18(22-21-17)16-12-6-4-3-5-11(12)9-10-20-16/h3-6,9-10,13-14H,7-8H2,1-2H3,(H,21,22). The molecule has 1 fully saturated rings. The highest BCUT2D eigenvalue weighted by Gasteiger charge is 2.54. The van der Waals surface area contributed by atoms with Crippen LogP contribution in [0.4, 0.5) is 0 Å². The predicted octanol–water partition coefficient (Wildman–Crippen LogP) is 4.63. The maximum Gasteiger partial charge on any atom is 0.115 e. The summed E-state index contributed by atoms with van der Waals surface area (Å²) in [5.74, 6) is 1.24. The van der Waals surface area contributed by atoms with E-state index in [4.69, 9.17) is 0 Å². The quantitative estimate of drug-likeness (QED) is 0.710. The molecule has 22 heavy (non-hydrogen) atoms. The zero-order valence-corrected chi connectivity index (χ0v) is 12.9. The Morgan fingerprint density at radius 1 is 1.05 bits per heavy atom. The van der Waals surface area contributed by atoms with Gasteiger partial charge in [0.25, 0.3) is 0 Å². The van der Waals surface area contributed by atoms with Crippen molar-refractivity contribution in [2.75, 3.05) is 0 Å². The number of nitrogens with zero attached hydrogens (tertiary/aromatic N) is 2. The van der Waals surface area contributed by atoms with Crippen LogP contribution in [0.5, 0.6) is 0 Å². The number of pyridine rings is 1. The molecule has 0 radical (unpaired) electrons. The molecule has 2 aliphatic carbocycles. The molecular formula is C19H19N3. The topological polar surface area (TPSA) is 41.6 Å². The van der Waals surface area contributed by atoms with Crippen molar-refractivity contribution in [2.24, 2.45) is 5.41 Å². The van der Waals surface area contributed by atoms with Crippen LogP contribution in [-0.2, 0) is 0 Å². The summed E-state index contributed by atoms with van der Waals surface area (Å²) in [5, 5.41) is 10.4. The second-order valence-corrected chi connectivity index (χ2v) is 7.28. The van der Waals surface area contributed by atoms with Crippen molar-refractivity contribution >= 4 is 10.8 Å². The van der Waals surface area contributed by atoms with Gasteiger partial charge in [-0.15, -0.1) is 0 Å². The van der Waals surface area contributed by atoms with Gasteiger partial charge in [-0.25, -0.2) is 0 Å². The van der Waals surface area contributed by atoms with Gasteiger partial charge in [-0.1, -0.05) is 38.1 Å². The zero-order valence-electron chi connectivity index (χ0n) is 12.9. The minimum atomic E-state index is 0.351. The van der Waals surface area contributed by atoms with Gasteiger partial charge in [0, 0.05) is 28.8 Å². The summed E-state index contributed by atoms with van der Waals surface area (Å²) in [5.41, 5.74) is 5.26. The fourth-order valence-electron chi connectivity index (χ4n) is 4.82. The highest BCUT2D eigenvalue weighted by atomic mass is 15.1. The first-order chi connectivity index (χ1) is 10.7. The van der Waals surface area contributed by atoms with Gasteiger partial charge in [-0.3, -0.25) is 10.1 Å². The van der Waals surface area contributed by atoms with Crippen LogP contribution in [0.25, 0.3) is 22.2 Å². The summed E-state index contributed by atoms with van der Waals surface area (Å²) in [6, 6.07) is 10.5. The molecule has 0 amide bonds. The van der Waals surface area contributed by atoms with E-state index in [2.05, 4.69) is 59.4 Å². The van der Waals surface area contributed by atoms with Gasteiger partial charge in [-0.2, -0.15) is 5.10 Å². The van der Waals surface area contributed by atoms with Crippen molar-refractivity contribution in [1.29, 1.82) is 0 Å². The Balaban J connectivity index is 1.78. The normalized spacial score (nSPS) is 24.8. The maximum absolute atomic E-state index is 4.68. The summed E-state index contributed by atoms with van der Waals surface area (Å²) < 4.78 is 0. The van der Waals surface area contributed by atoms with E-state index in [1.807, 2.05) is 6.20 Å². The number of rotatable bonds is 1. The van der Waals surface area contributed by atoms with Gasteiger partial charge < -0.3 is 0 Å². The third-order valence-electron chi connectivity index (χ3n) is 5.97. The summed E-state index contributed by atoms with van der Waals surface area (Å²) in [4.78, 5) is 4.68. The van der Waals surface area contributed by atoms with E-state index in [0.29, 0.717) is 17.3 Å². The van der Waals surface area contributed by atoms with E-state index in [1.165, 1.54) is 34.9 Å². The largest absolute Gasteiger partial charge is 0.281 e. The van der Waals surface area contributed by atoms with Crippen molar-refractivity contribution in [3.63, 3.8) is 0 Å². The first-order valence-electron chi connectivity index (χ1n) is 8.10. The van der Waals surface area contributed by atoms with Gasteiger partial charge >= 0.3 is 0 Å². The molecule has 0 spiro atoms. The third kappa shape index (κ3) is 1.37. The van der Waals surface area contributed by atoms with Crippen LogP contribution >= 0.6 is 0 Å². The lowest BCUT2D eigenvalue weighted by atomic mass is 9.80. The Hall–Kier alpha value is -2.16. The number of aromatic nitrogens is 3. The molecular weight excluding hydrogens is 270 g/mol. The molecule has 0 aliphatic heterocycles. The van der Waals surface area contributed by atoms with E-state index in [-0.39, 0.29) is 0 Å². The van der Waals surface area contributed by atoms with Crippen LogP contribution in [0.1, 0.15) is 49.8 Å². The fraction of sp³-hybridized carbons (Fsp3) is 0.368. The highest BCUT2D eigenvalue weighted by Crippen LogP contribution is 2.65. The Morgan fingerprint density at radius 2 is 1.86 bits per heavy atom. The molecule has 3 nitrogen and oxygen atoms in total. The minimum Gasteiger partial charge on any atom is -0.281 e. The molecule has 5 rings (SSSR count). The molecule has 2 heterocycles. The van der Waals surface area contributed by atoms with Crippen LogP contribution in [0.15, 0.2) is 36.5 Å². The number of hydrogen-bond donors (Lipinski definition) is 1. The number of nitrogens with one attached hydrogen (secondary N) is 1. The molecule has 0 saturated heterocycles. The summed E-state index contributed by atoms with van der Waals surface area (Å²) >= 11 is 0. The Labute approximate surface area is 129 Å². The molecule has 3 heteroatoms. The average molecular weight is 289 g/mol. The number of H-pyrrole nitrogens is 1. The highest BCUT2D eigenvalue weighted by molar-refractivity contribution is 5.94. The molecule has 110 valence electrons. The van der Waals surface area contributed by atoms with E-state index in [0.717, 1.165) is 11.4 Å². The van der Waals surface area contributed by atoms with Crippen LogP contribution in [-0.4, -0.2) is 15.2 Å². The molecule has 2 unspecified atom stereocenters. The van der Waals surface area contributed by atoms with Crippen LogP contribution < -0.4 is 0 Å². The zero-order chi connectivity index (χ0) is 14.9. The molecule has 1 saturated carbocycles. The van der Waals surface area contributed by atoms with Crippen molar-refractivity contribution < 1.29 is 0 Å². The van der Waals surface area contributed by atoms with Crippen LogP contribution in [0.2, 0.25) is 0 Å². The van der Waals surface area contributed by atoms with Crippen molar-refractivity contribution in [1.82, 2.24) is 15.2 Å². The number of aromatic amines is 1. The van der Waals surface area contributed by atoms with Crippen LogP contribution in [0, 0.1) is 5.41 Å². The molecule has 2 aromatic heterocycles. The number of fused-ring (bicyclic) bond motifs is 6. The summed E-state index contributed by atoms with van der Waals surface area (Å²) in [7, 11) is 0. The van der Waals surface area contributed by atoms with Gasteiger partial charge in [-0.05, 0) is 35.6 Å². The van der Waals surface area contributed by atoms with Gasteiger partial charge in [0.05, 0.1) is 5.69 Å². The van der Waals surface area contributed by atoms with E-state index in [1.54, 1.807) is 0 Å². The smallest absolute Gasteiger partial charge is 0.115 e. The predicted molar refractivity (Wildman–Crippen MR) is 87.8 cm³/mol. The van der Waals surface area contributed by atoms with E-state index < -0.39 is 0 Å². The van der Waals surface area contributed by atoms with E-state index >= 15 is 0 Å². The van der Waals surface area contributed by atoms with E-state index in [9.17, 15) is 0 Å². The molecule has 3 aromatic rings. The Kier molecular flexibility index (Phi) is 2.24. The molecule has 1 aromatic carbocycles. The lowest BCUT2D eigenvalue weighted by Gasteiger charge is -2.24. The lowest BCUT2D eigenvalue weighted by Crippen LogP contribution is -2.15. The second kappa shape index (κ2) is 3.97. The van der Waals surface area contributed by atoms with Gasteiger partial charge in [0.1, 0.15) is 5.69 Å². The summed E-state index contributed by atoms with van der Waals surface area (Å²) in [6.07, 6.45) is 4.47. The fourth-order valence-corrected chi connectivity index (χ4v) is 4.82. The lowest BCUT2D eigenvalue weighted by molar-refractivity contribution is 0.321. The number of benzene rings is 1. The second-order valence-electron chi connectivity index (χ2n) is 7.28. The Bertz CT molecular complexity index is 885. The first-order valence-corrected chi connectivity index (χ1v) is 8.10. The van der Waals surface area contributed by atoms with Crippen molar-refractivity contribution in [3.05, 3.63) is 47.8 Å². The number of hydrogen-bond acceptors (Lipinski definition) is 2. The molecule has 1 N–H and O–H groups in total. The third-order valence-corrected chi connectivity index (χ3v) is 5.97. The Morgan fingerprint density at radius 3 is 2.77 bits per heavy atom. The molecule has 2 aliphatic rings. The maximum atomic E-state index is 4.68. The van der Waals surface area contributed by atoms with Crippen molar-refractivity contribution in [3.8, 4) is 11.4 Å². The van der Waals surface area contributed by atoms with Crippen LogP contribution in [0.3, 0.4) is 0 Å². The average Bonchev–Trinajstić information content (AvgIpc) is 3.14. The molecule has 2 bridgehead atoms. The van der Waals surface area contributed by atoms with Gasteiger partial charge in [0.15, 0.2) is 0 Å².